The number of likely N-dealkylation sites (N-methyl/N-ethyl adjacent to an activating group) is 2. The maximum atomic E-state index is 15.4. The molecule has 2 aliphatic rings. The Hall–Kier alpha value is -6.15. The SMILES string of the molecule is CO[C@H](c1ccccc1)[C@@H]1NC(=O)[C@@H](C)NC(=O)[C@H](C[C@@H](C)CO)N(C)C(=O)[C@H]([C@H](O)c2cn(C(C)(C)[C@@H]3CO3)c3ccccc23)NC(=O)[C@H]([C@@H](C)C=C(C)C)NC(=O)[C@H](CC(C)C)N(C)C(=O)[C@H](C(C)C)NC1=O. The molecule has 19 heteroatoms. The number of amides is 7. The summed E-state index contributed by atoms with van der Waals surface area (Å²) >= 11 is 0. The van der Waals surface area contributed by atoms with E-state index in [-0.39, 0.29) is 37.0 Å². The van der Waals surface area contributed by atoms with Crippen LogP contribution >= 0.6 is 0 Å². The predicted molar refractivity (Wildman–Crippen MR) is 284 cm³/mol. The van der Waals surface area contributed by atoms with Gasteiger partial charge in [0.1, 0.15) is 60.6 Å². The Morgan fingerprint density at radius 1 is 0.733 bits per heavy atom. The average molecular weight is 1040 g/mol. The minimum atomic E-state index is -1.81. The molecule has 2 fully saturated rings. The molecule has 0 aliphatic carbocycles. The highest BCUT2D eigenvalue weighted by Crippen LogP contribution is 2.38. The van der Waals surface area contributed by atoms with Gasteiger partial charge < -0.3 is 60.6 Å². The number of aliphatic hydroxyl groups is 2. The molecule has 3 aromatic rings. The molecule has 3 heterocycles. The fourth-order valence-corrected chi connectivity index (χ4v) is 9.86. The molecule has 0 radical (unpaired) electrons. The lowest BCUT2D eigenvalue weighted by Gasteiger charge is -2.36. The number of aliphatic hydroxyl groups excluding tert-OH is 2. The van der Waals surface area contributed by atoms with Gasteiger partial charge in [-0.25, -0.2) is 0 Å². The highest BCUT2D eigenvalue weighted by Gasteiger charge is 2.45. The monoisotopic (exact) mass is 1040 g/mol. The lowest BCUT2D eigenvalue weighted by molar-refractivity contribution is -0.146. The van der Waals surface area contributed by atoms with Gasteiger partial charge in [0.15, 0.2) is 0 Å². The second-order valence-corrected chi connectivity index (χ2v) is 22.1. The van der Waals surface area contributed by atoms with E-state index < -0.39 is 119 Å². The predicted octanol–water partition coefficient (Wildman–Crippen LogP) is 3.63. The molecule has 19 nitrogen and oxygen atoms in total. The zero-order chi connectivity index (χ0) is 55.8. The normalized spacial score (nSPS) is 25.9. The molecular weight excluding hydrogens is 961 g/mol. The summed E-state index contributed by atoms with van der Waals surface area (Å²) in [5.74, 6) is -7.50. The average Bonchev–Trinajstić information content (AvgIpc) is 4.16. The van der Waals surface area contributed by atoms with Crippen molar-refractivity contribution in [3.05, 3.63) is 83.6 Å². The Labute approximate surface area is 441 Å². The fraction of sp³-hybridized carbons (Fsp3) is 0.589. The van der Waals surface area contributed by atoms with Crippen LogP contribution in [0.1, 0.15) is 112 Å². The Kier molecular flexibility index (Phi) is 20.4. The van der Waals surface area contributed by atoms with Crippen molar-refractivity contribution in [2.24, 2.45) is 23.7 Å². The summed E-state index contributed by atoms with van der Waals surface area (Å²) in [6, 6.07) is 6.13. The highest BCUT2D eigenvalue weighted by molar-refractivity contribution is 5.99. The van der Waals surface area contributed by atoms with Gasteiger partial charge in [-0.15, -0.1) is 0 Å². The maximum Gasteiger partial charge on any atom is 0.248 e. The Balaban J connectivity index is 1.73. The number of carbonyl (C=O) groups excluding carboxylic acids is 7. The second-order valence-electron chi connectivity index (χ2n) is 22.1. The van der Waals surface area contributed by atoms with Crippen LogP contribution in [0.25, 0.3) is 10.9 Å². The lowest BCUT2D eigenvalue weighted by atomic mass is 9.94. The number of rotatable bonds is 15. The standard InChI is InChI=1S/C56H82N8O11/c1-30(2)24-34(8)44-52(70)60-45(47(66)38-27-64(56(10,11)42-29-75-42)39-23-19-18-22-37(38)39)55(73)63(13)41(26-33(7)28-65)50(68)57-35(9)49(67)61-46(48(74-14)36-20-16-15-17-21-36)53(71)58-43(32(5)6)54(72)62(12)40(25-31(3)4)51(69)59-44/h15-24,27,31-35,40-48,65-66H,25-26,28-29H2,1-14H3,(H,57,68)(H,58,71)(H,59,69)(H,60,70)(H,61,67)/t33-,34+,35-,40+,41+,42+,43+,44+,45+,46+,47-,48-/m1/s1. The van der Waals surface area contributed by atoms with E-state index in [1.165, 1.54) is 33.0 Å². The molecule has 2 aromatic carbocycles. The summed E-state index contributed by atoms with van der Waals surface area (Å²) in [5, 5.41) is 37.7. The maximum absolute atomic E-state index is 15.4. The van der Waals surface area contributed by atoms with E-state index in [9.17, 15) is 34.2 Å². The summed E-state index contributed by atoms with van der Waals surface area (Å²) in [7, 11) is 4.16. The number of nitrogens with one attached hydrogen (secondary N) is 5. The van der Waals surface area contributed by atoms with Crippen molar-refractivity contribution in [3.8, 4) is 0 Å². The van der Waals surface area contributed by atoms with Gasteiger partial charge >= 0.3 is 0 Å². The third-order valence-electron chi connectivity index (χ3n) is 14.5. The second kappa shape index (κ2) is 25.6. The van der Waals surface area contributed by atoms with Gasteiger partial charge in [-0.1, -0.05) is 102 Å². The number of benzene rings is 2. The molecule has 0 spiro atoms. The third-order valence-corrected chi connectivity index (χ3v) is 14.5. The number of aromatic nitrogens is 1. The minimum Gasteiger partial charge on any atom is -0.396 e. The summed E-state index contributed by atoms with van der Waals surface area (Å²) < 4.78 is 13.6. The van der Waals surface area contributed by atoms with Crippen molar-refractivity contribution in [2.75, 3.05) is 34.4 Å². The number of methoxy groups -OCH3 is 1. The van der Waals surface area contributed by atoms with E-state index in [1.54, 1.807) is 82.4 Å². The number of hydrogen-bond acceptors (Lipinski definition) is 11. The van der Waals surface area contributed by atoms with Crippen molar-refractivity contribution >= 4 is 52.3 Å². The van der Waals surface area contributed by atoms with Gasteiger partial charge in [-0.3, -0.25) is 33.6 Å². The van der Waals surface area contributed by atoms with Crippen LogP contribution in [0.2, 0.25) is 0 Å². The molecule has 0 unspecified atom stereocenters. The molecule has 1 aromatic heterocycles. The van der Waals surface area contributed by atoms with Gasteiger partial charge in [0.05, 0.1) is 12.1 Å². The zero-order valence-corrected chi connectivity index (χ0v) is 46.2. The molecule has 2 saturated heterocycles. The molecule has 5 rings (SSSR count). The van der Waals surface area contributed by atoms with Crippen LogP contribution in [-0.4, -0.2) is 149 Å². The number of carbonyl (C=O) groups is 7. The van der Waals surface area contributed by atoms with E-state index >= 15 is 9.59 Å². The summed E-state index contributed by atoms with van der Waals surface area (Å²) in [4.78, 5) is 106. The van der Waals surface area contributed by atoms with Gasteiger partial charge in [0, 0.05) is 56.4 Å². The summed E-state index contributed by atoms with van der Waals surface area (Å²) in [6.45, 7) is 19.8. The van der Waals surface area contributed by atoms with Gasteiger partial charge in [0.25, 0.3) is 0 Å². The number of allylic oxidation sites excluding steroid dienone is 1. The summed E-state index contributed by atoms with van der Waals surface area (Å²) in [5.41, 5.74) is 1.72. The Morgan fingerprint density at radius 3 is 1.81 bits per heavy atom. The molecule has 412 valence electrons. The number of epoxide rings is 1. The van der Waals surface area contributed by atoms with E-state index in [0.717, 1.165) is 16.0 Å². The molecule has 12 atom stereocenters. The van der Waals surface area contributed by atoms with Crippen molar-refractivity contribution < 1.29 is 53.2 Å². The van der Waals surface area contributed by atoms with Gasteiger partial charge in [-0.2, -0.15) is 0 Å². The van der Waals surface area contributed by atoms with Crippen molar-refractivity contribution in [3.63, 3.8) is 0 Å². The van der Waals surface area contributed by atoms with E-state index in [2.05, 4.69) is 26.6 Å². The van der Waals surface area contributed by atoms with Crippen LogP contribution in [0.4, 0.5) is 0 Å². The lowest BCUT2D eigenvalue weighted by Crippen LogP contribution is -2.62. The Bertz CT molecular complexity index is 2540. The van der Waals surface area contributed by atoms with Gasteiger partial charge in [-0.05, 0) is 76.8 Å². The molecule has 7 N–H and O–H groups in total. The number of nitrogens with zero attached hydrogens (tertiary/aromatic N) is 3. The Morgan fingerprint density at radius 2 is 1.25 bits per heavy atom. The van der Waals surface area contributed by atoms with Crippen LogP contribution in [0.5, 0.6) is 0 Å². The fourth-order valence-electron chi connectivity index (χ4n) is 9.86. The molecule has 75 heavy (non-hydrogen) atoms. The third kappa shape index (κ3) is 14.2. The summed E-state index contributed by atoms with van der Waals surface area (Å²) in [6.07, 6.45) is 0.516. The first-order valence-electron chi connectivity index (χ1n) is 26.0. The number of para-hydroxylation sites is 1. The molecule has 7 amide bonds. The van der Waals surface area contributed by atoms with Gasteiger partial charge in [0.2, 0.25) is 41.4 Å². The number of fused-ring (bicyclic) bond motifs is 1. The first-order valence-corrected chi connectivity index (χ1v) is 26.0. The molecule has 0 bridgehead atoms. The highest BCUT2D eigenvalue weighted by atomic mass is 16.6. The quantitative estimate of drug-likeness (QED) is 0.0855. The van der Waals surface area contributed by atoms with Crippen molar-refractivity contribution in [2.45, 2.75) is 155 Å². The van der Waals surface area contributed by atoms with Crippen molar-refractivity contribution in [1.82, 2.24) is 41.0 Å². The molecule has 0 saturated carbocycles. The first kappa shape index (κ1) is 59.7. The molecular formula is C56H82N8O11. The van der Waals surface area contributed by atoms with Crippen LogP contribution in [0.15, 0.2) is 72.4 Å². The largest absolute Gasteiger partial charge is 0.396 e. The van der Waals surface area contributed by atoms with Crippen LogP contribution < -0.4 is 26.6 Å². The number of hydrogen-bond donors (Lipinski definition) is 7. The topological polar surface area (TPSA) is 253 Å². The van der Waals surface area contributed by atoms with Crippen LogP contribution in [0.3, 0.4) is 0 Å². The molecule has 2 aliphatic heterocycles. The first-order chi connectivity index (χ1) is 35.2. The number of ether oxygens (including phenoxy) is 2. The zero-order valence-electron chi connectivity index (χ0n) is 46.2. The van der Waals surface area contributed by atoms with Crippen molar-refractivity contribution in [1.29, 1.82) is 0 Å². The minimum absolute atomic E-state index is 0.124. The smallest absolute Gasteiger partial charge is 0.248 e. The van der Waals surface area contributed by atoms with E-state index in [4.69, 9.17) is 9.47 Å². The van der Waals surface area contributed by atoms with Crippen LogP contribution in [-0.2, 0) is 48.6 Å². The van der Waals surface area contributed by atoms with Crippen LogP contribution in [0, 0.1) is 23.7 Å². The van der Waals surface area contributed by atoms with E-state index in [1.807, 2.05) is 58.2 Å². The van der Waals surface area contributed by atoms with E-state index in [0.29, 0.717) is 17.6 Å².